The predicted molar refractivity (Wildman–Crippen MR) is 75.2 cm³/mol. The van der Waals surface area contributed by atoms with Gasteiger partial charge >= 0.3 is 6.03 Å². The number of fused-ring (bicyclic) bond motifs is 1. The van der Waals surface area contributed by atoms with Gasteiger partial charge in [-0.1, -0.05) is 25.5 Å². The van der Waals surface area contributed by atoms with Gasteiger partial charge in [0.1, 0.15) is 0 Å². The van der Waals surface area contributed by atoms with Gasteiger partial charge in [0.25, 0.3) is 0 Å². The highest BCUT2D eigenvalue weighted by atomic mass is 16.2. The van der Waals surface area contributed by atoms with Crippen LogP contribution in [0.15, 0.2) is 24.3 Å². The first-order valence-electron chi connectivity index (χ1n) is 6.71. The molecule has 0 bridgehead atoms. The number of anilines is 2. The third-order valence-electron chi connectivity index (χ3n) is 3.12. The minimum atomic E-state index is 0.0135. The van der Waals surface area contributed by atoms with Crippen molar-refractivity contribution in [3.05, 3.63) is 24.3 Å². The first kappa shape index (κ1) is 12.7. The zero-order valence-corrected chi connectivity index (χ0v) is 10.9. The first-order chi connectivity index (χ1) is 8.83. The van der Waals surface area contributed by atoms with Crippen molar-refractivity contribution in [2.45, 2.75) is 26.2 Å². The van der Waals surface area contributed by atoms with Crippen molar-refractivity contribution in [2.75, 3.05) is 29.9 Å². The van der Waals surface area contributed by atoms with Gasteiger partial charge in [-0.25, -0.2) is 4.79 Å². The molecule has 2 rings (SSSR count). The molecule has 0 unspecified atom stereocenters. The van der Waals surface area contributed by atoms with E-state index < -0.39 is 0 Å². The number of para-hydroxylation sites is 2. The molecule has 2 N–H and O–H groups in total. The van der Waals surface area contributed by atoms with Gasteiger partial charge in [0.05, 0.1) is 11.4 Å². The van der Waals surface area contributed by atoms with Gasteiger partial charge in [-0.05, 0) is 25.0 Å². The molecule has 1 aliphatic rings. The van der Waals surface area contributed by atoms with Crippen molar-refractivity contribution in [3.63, 3.8) is 0 Å². The van der Waals surface area contributed by atoms with Crippen LogP contribution in [-0.4, -0.2) is 25.7 Å². The van der Waals surface area contributed by atoms with Crippen LogP contribution in [0.25, 0.3) is 0 Å². The van der Waals surface area contributed by atoms with Crippen molar-refractivity contribution >= 4 is 17.4 Å². The van der Waals surface area contributed by atoms with Gasteiger partial charge in [-0.15, -0.1) is 0 Å². The van der Waals surface area contributed by atoms with Crippen molar-refractivity contribution in [1.82, 2.24) is 5.32 Å². The van der Waals surface area contributed by atoms with Gasteiger partial charge in [0.15, 0.2) is 0 Å². The minimum absolute atomic E-state index is 0.0135. The Bertz CT molecular complexity index is 406. The van der Waals surface area contributed by atoms with Crippen LogP contribution in [0.5, 0.6) is 0 Å². The first-order valence-corrected chi connectivity index (χ1v) is 6.71. The molecule has 4 nitrogen and oxygen atoms in total. The average Bonchev–Trinajstić information content (AvgIpc) is 2.61. The van der Waals surface area contributed by atoms with E-state index in [4.69, 9.17) is 0 Å². The molecule has 1 aromatic rings. The Labute approximate surface area is 108 Å². The number of nitrogens with zero attached hydrogens (tertiary/aromatic N) is 1. The van der Waals surface area contributed by atoms with E-state index in [0.717, 1.165) is 50.3 Å². The largest absolute Gasteiger partial charge is 0.383 e. The van der Waals surface area contributed by atoms with E-state index in [2.05, 4.69) is 17.6 Å². The Morgan fingerprint density at radius 3 is 3.11 bits per heavy atom. The lowest BCUT2D eigenvalue weighted by molar-refractivity contribution is 0.246. The zero-order chi connectivity index (χ0) is 12.8. The molecule has 0 radical (unpaired) electrons. The molecule has 1 aliphatic heterocycles. The summed E-state index contributed by atoms with van der Waals surface area (Å²) >= 11 is 0. The molecule has 1 heterocycles. The number of rotatable bonds is 3. The number of carbonyl (C=O) groups excluding carboxylic acids is 1. The van der Waals surface area contributed by atoms with Crippen molar-refractivity contribution in [2.24, 2.45) is 0 Å². The second-order valence-electron chi connectivity index (χ2n) is 4.53. The Morgan fingerprint density at radius 2 is 2.28 bits per heavy atom. The fourth-order valence-corrected chi connectivity index (χ4v) is 2.12. The monoisotopic (exact) mass is 247 g/mol. The topological polar surface area (TPSA) is 44.4 Å². The molecule has 0 fully saturated rings. The molecule has 0 saturated carbocycles. The Hall–Kier alpha value is -1.71. The highest BCUT2D eigenvalue weighted by Gasteiger charge is 2.19. The third-order valence-corrected chi connectivity index (χ3v) is 3.12. The van der Waals surface area contributed by atoms with Crippen LogP contribution in [0.2, 0.25) is 0 Å². The summed E-state index contributed by atoms with van der Waals surface area (Å²) in [5, 5.41) is 6.34. The van der Waals surface area contributed by atoms with E-state index >= 15 is 0 Å². The van der Waals surface area contributed by atoms with Gasteiger partial charge in [-0.2, -0.15) is 0 Å². The number of carbonyl (C=O) groups is 1. The summed E-state index contributed by atoms with van der Waals surface area (Å²) in [5.74, 6) is 0. The van der Waals surface area contributed by atoms with Crippen molar-refractivity contribution in [1.29, 1.82) is 0 Å². The molecule has 0 aromatic heterocycles. The fraction of sp³-hybridized carbons (Fsp3) is 0.500. The summed E-state index contributed by atoms with van der Waals surface area (Å²) in [6, 6.07) is 7.99. The lowest BCUT2D eigenvalue weighted by Gasteiger charge is -2.22. The average molecular weight is 247 g/mol. The van der Waals surface area contributed by atoms with Gasteiger partial charge < -0.3 is 10.6 Å². The molecule has 0 aliphatic carbocycles. The summed E-state index contributed by atoms with van der Waals surface area (Å²) in [5.41, 5.74) is 2.02. The summed E-state index contributed by atoms with van der Waals surface area (Å²) in [7, 11) is 0. The number of urea groups is 1. The van der Waals surface area contributed by atoms with Gasteiger partial charge in [0.2, 0.25) is 0 Å². The van der Waals surface area contributed by atoms with Crippen LogP contribution in [0.1, 0.15) is 26.2 Å². The molecule has 1 aromatic carbocycles. The van der Waals surface area contributed by atoms with Crippen LogP contribution < -0.4 is 15.5 Å². The molecular weight excluding hydrogens is 226 g/mol. The molecule has 4 heteroatoms. The standard InChI is InChI=1S/C14H21N3O/c1-2-3-9-16-14(18)17-11-6-10-15-12-7-4-5-8-13(12)17/h4-5,7-8,15H,2-3,6,9-11H2,1H3,(H,16,18). The molecular formula is C14H21N3O. The number of nitrogens with one attached hydrogen (secondary N) is 2. The predicted octanol–water partition coefficient (Wildman–Crippen LogP) is 2.82. The van der Waals surface area contributed by atoms with Crippen LogP contribution >= 0.6 is 0 Å². The SMILES string of the molecule is CCCCNC(=O)N1CCCNc2ccccc21. The molecule has 0 spiro atoms. The maximum atomic E-state index is 12.2. The minimum Gasteiger partial charge on any atom is -0.383 e. The van der Waals surface area contributed by atoms with E-state index in [9.17, 15) is 4.79 Å². The van der Waals surface area contributed by atoms with E-state index in [1.54, 1.807) is 0 Å². The molecule has 0 atom stereocenters. The summed E-state index contributed by atoms with van der Waals surface area (Å²) < 4.78 is 0. The van der Waals surface area contributed by atoms with Crippen LogP contribution in [-0.2, 0) is 0 Å². The maximum Gasteiger partial charge on any atom is 0.321 e. The van der Waals surface area contributed by atoms with E-state index in [-0.39, 0.29) is 6.03 Å². The van der Waals surface area contributed by atoms with Crippen LogP contribution in [0.4, 0.5) is 16.2 Å². The van der Waals surface area contributed by atoms with Crippen molar-refractivity contribution < 1.29 is 4.79 Å². The number of amides is 2. The molecule has 98 valence electrons. The number of hydrogen-bond acceptors (Lipinski definition) is 2. The zero-order valence-electron chi connectivity index (χ0n) is 10.9. The second-order valence-corrected chi connectivity index (χ2v) is 4.53. The Morgan fingerprint density at radius 1 is 1.44 bits per heavy atom. The third kappa shape index (κ3) is 2.94. The smallest absolute Gasteiger partial charge is 0.321 e. The quantitative estimate of drug-likeness (QED) is 0.807. The summed E-state index contributed by atoms with van der Waals surface area (Å²) in [6.45, 7) is 4.55. The van der Waals surface area contributed by atoms with Crippen LogP contribution in [0.3, 0.4) is 0 Å². The second kappa shape index (κ2) is 6.28. The van der Waals surface area contributed by atoms with Gasteiger partial charge in [-0.3, -0.25) is 4.90 Å². The highest BCUT2D eigenvalue weighted by Crippen LogP contribution is 2.27. The van der Waals surface area contributed by atoms with Gasteiger partial charge in [0, 0.05) is 19.6 Å². The summed E-state index contributed by atoms with van der Waals surface area (Å²) in [4.78, 5) is 14.0. The molecule has 2 amide bonds. The summed E-state index contributed by atoms with van der Waals surface area (Å²) in [6.07, 6.45) is 3.09. The maximum absolute atomic E-state index is 12.2. The van der Waals surface area contributed by atoms with Crippen LogP contribution in [0, 0.1) is 0 Å². The number of hydrogen-bond donors (Lipinski definition) is 2. The molecule has 18 heavy (non-hydrogen) atoms. The highest BCUT2D eigenvalue weighted by molar-refractivity contribution is 5.95. The Balaban J connectivity index is 2.09. The van der Waals surface area contributed by atoms with Crippen molar-refractivity contribution in [3.8, 4) is 0 Å². The molecule has 0 saturated heterocycles. The van der Waals surface area contributed by atoms with E-state index in [1.807, 2.05) is 29.2 Å². The lowest BCUT2D eigenvalue weighted by atomic mass is 10.2. The normalized spacial score (nSPS) is 14.4. The fourth-order valence-electron chi connectivity index (χ4n) is 2.12. The Kier molecular flexibility index (Phi) is 4.45. The number of benzene rings is 1. The van der Waals surface area contributed by atoms with E-state index in [0.29, 0.717) is 0 Å². The lowest BCUT2D eigenvalue weighted by Crippen LogP contribution is -2.40. The number of unbranched alkanes of at least 4 members (excludes halogenated alkanes) is 1. The van der Waals surface area contributed by atoms with E-state index in [1.165, 1.54) is 0 Å².